The number of primary amides is 1. The molecule has 0 atom stereocenters. The highest BCUT2D eigenvalue weighted by molar-refractivity contribution is 7.89. The third-order valence-electron chi connectivity index (χ3n) is 2.99. The molecular formula is C15H15ClN2O4S. The van der Waals surface area contributed by atoms with E-state index in [9.17, 15) is 13.2 Å². The molecule has 0 heterocycles. The Balaban J connectivity index is 2.01. The number of rotatable bonds is 6. The fourth-order valence-electron chi connectivity index (χ4n) is 1.78. The zero-order valence-corrected chi connectivity index (χ0v) is 13.6. The standard InChI is InChI=1S/C15H15ClN2O4S/c16-13-5-1-11(2-6-13)9-18-23(20,21)14-7-3-12(4-8-14)10-22-15(17)19/h1-8,18H,9-10H2,(H2,17,19). The summed E-state index contributed by atoms with van der Waals surface area (Å²) in [5.41, 5.74) is 6.30. The molecule has 0 radical (unpaired) electrons. The Labute approximate surface area is 139 Å². The number of benzene rings is 2. The molecule has 8 heteroatoms. The van der Waals surface area contributed by atoms with Gasteiger partial charge in [-0.05, 0) is 35.4 Å². The van der Waals surface area contributed by atoms with Crippen LogP contribution in [0.1, 0.15) is 11.1 Å². The van der Waals surface area contributed by atoms with Crippen molar-refractivity contribution in [3.63, 3.8) is 0 Å². The lowest BCUT2D eigenvalue weighted by Gasteiger charge is -2.08. The molecule has 0 fully saturated rings. The van der Waals surface area contributed by atoms with Gasteiger partial charge in [-0.3, -0.25) is 0 Å². The summed E-state index contributed by atoms with van der Waals surface area (Å²) in [6.45, 7) is 0.153. The van der Waals surface area contributed by atoms with Gasteiger partial charge in [0.15, 0.2) is 0 Å². The molecule has 2 aromatic rings. The zero-order chi connectivity index (χ0) is 16.9. The van der Waals surface area contributed by atoms with Crippen LogP contribution in [0.15, 0.2) is 53.4 Å². The number of sulfonamides is 1. The zero-order valence-electron chi connectivity index (χ0n) is 12.0. The molecule has 0 aliphatic heterocycles. The quantitative estimate of drug-likeness (QED) is 0.832. The number of carbonyl (C=O) groups excluding carboxylic acids is 1. The van der Waals surface area contributed by atoms with Gasteiger partial charge in [-0.15, -0.1) is 0 Å². The molecule has 0 saturated carbocycles. The summed E-state index contributed by atoms with van der Waals surface area (Å²) in [6, 6.07) is 12.9. The molecule has 3 N–H and O–H groups in total. The van der Waals surface area contributed by atoms with Crippen molar-refractivity contribution in [2.75, 3.05) is 0 Å². The summed E-state index contributed by atoms with van der Waals surface area (Å²) in [5, 5.41) is 0.588. The van der Waals surface area contributed by atoms with Gasteiger partial charge >= 0.3 is 6.09 Å². The van der Waals surface area contributed by atoms with Crippen LogP contribution in [-0.2, 0) is 27.9 Å². The van der Waals surface area contributed by atoms with Crippen molar-refractivity contribution < 1.29 is 17.9 Å². The molecule has 0 aliphatic carbocycles. The van der Waals surface area contributed by atoms with Crippen LogP contribution in [0.25, 0.3) is 0 Å². The smallest absolute Gasteiger partial charge is 0.404 e. The normalized spacial score (nSPS) is 11.2. The highest BCUT2D eigenvalue weighted by Crippen LogP contribution is 2.13. The second-order valence-corrected chi connectivity index (χ2v) is 6.91. The van der Waals surface area contributed by atoms with Gasteiger partial charge < -0.3 is 10.5 Å². The first-order valence-corrected chi connectivity index (χ1v) is 8.48. The van der Waals surface area contributed by atoms with Crippen molar-refractivity contribution in [3.05, 3.63) is 64.7 Å². The van der Waals surface area contributed by atoms with Crippen molar-refractivity contribution >= 4 is 27.7 Å². The molecule has 0 unspecified atom stereocenters. The van der Waals surface area contributed by atoms with Crippen LogP contribution < -0.4 is 10.5 Å². The van der Waals surface area contributed by atoms with Gasteiger partial charge in [-0.2, -0.15) is 0 Å². The molecule has 2 aromatic carbocycles. The fourth-order valence-corrected chi connectivity index (χ4v) is 2.93. The van der Waals surface area contributed by atoms with Crippen LogP contribution in [0.5, 0.6) is 0 Å². The molecule has 2 rings (SSSR count). The predicted molar refractivity (Wildman–Crippen MR) is 86.3 cm³/mol. The van der Waals surface area contributed by atoms with Crippen LogP contribution in [-0.4, -0.2) is 14.5 Å². The Morgan fingerprint density at radius 1 is 1.04 bits per heavy atom. The van der Waals surface area contributed by atoms with Gasteiger partial charge in [0, 0.05) is 11.6 Å². The fraction of sp³-hybridized carbons (Fsp3) is 0.133. The Hall–Kier alpha value is -2.09. The summed E-state index contributed by atoms with van der Waals surface area (Å²) in [5.74, 6) is 0. The molecule has 0 aliphatic rings. The minimum atomic E-state index is -3.63. The van der Waals surface area contributed by atoms with E-state index in [1.165, 1.54) is 12.1 Å². The molecule has 1 amide bonds. The van der Waals surface area contributed by atoms with E-state index < -0.39 is 16.1 Å². The third-order valence-corrected chi connectivity index (χ3v) is 4.66. The van der Waals surface area contributed by atoms with Crippen LogP contribution in [0, 0.1) is 0 Å². The number of nitrogens with one attached hydrogen (secondary N) is 1. The number of halogens is 1. The van der Waals surface area contributed by atoms with Crippen molar-refractivity contribution in [3.8, 4) is 0 Å². The van der Waals surface area contributed by atoms with E-state index in [-0.39, 0.29) is 18.0 Å². The van der Waals surface area contributed by atoms with Gasteiger partial charge in [0.1, 0.15) is 6.61 Å². The van der Waals surface area contributed by atoms with E-state index in [4.69, 9.17) is 17.3 Å². The van der Waals surface area contributed by atoms with Crippen LogP contribution in [0.3, 0.4) is 0 Å². The minimum Gasteiger partial charge on any atom is -0.445 e. The summed E-state index contributed by atoms with van der Waals surface area (Å²) in [7, 11) is -3.63. The first kappa shape index (κ1) is 17.3. The maximum absolute atomic E-state index is 12.2. The number of carbonyl (C=O) groups is 1. The van der Waals surface area contributed by atoms with Gasteiger partial charge in [-0.25, -0.2) is 17.9 Å². The topological polar surface area (TPSA) is 98.5 Å². The van der Waals surface area contributed by atoms with E-state index in [2.05, 4.69) is 9.46 Å². The first-order valence-electron chi connectivity index (χ1n) is 6.62. The van der Waals surface area contributed by atoms with Crippen molar-refractivity contribution in [2.45, 2.75) is 18.0 Å². The molecule has 23 heavy (non-hydrogen) atoms. The highest BCUT2D eigenvalue weighted by atomic mass is 35.5. The van der Waals surface area contributed by atoms with Gasteiger partial charge in [0.2, 0.25) is 10.0 Å². The lowest BCUT2D eigenvalue weighted by Crippen LogP contribution is -2.23. The highest BCUT2D eigenvalue weighted by Gasteiger charge is 2.13. The summed E-state index contributed by atoms with van der Waals surface area (Å²) < 4.78 is 31.6. The summed E-state index contributed by atoms with van der Waals surface area (Å²) >= 11 is 5.78. The third kappa shape index (κ3) is 5.24. The van der Waals surface area contributed by atoms with Crippen LogP contribution >= 0.6 is 11.6 Å². The van der Waals surface area contributed by atoms with E-state index in [1.54, 1.807) is 36.4 Å². The lowest BCUT2D eigenvalue weighted by atomic mass is 10.2. The summed E-state index contributed by atoms with van der Waals surface area (Å²) in [4.78, 5) is 10.6. The Kier molecular flexibility index (Phi) is 5.59. The van der Waals surface area contributed by atoms with Crippen molar-refractivity contribution in [2.24, 2.45) is 5.73 Å². The lowest BCUT2D eigenvalue weighted by molar-refractivity contribution is 0.150. The predicted octanol–water partition coefficient (Wildman–Crippen LogP) is 2.41. The Morgan fingerprint density at radius 3 is 2.17 bits per heavy atom. The molecule has 0 spiro atoms. The molecule has 6 nitrogen and oxygen atoms in total. The maximum atomic E-state index is 12.2. The van der Waals surface area contributed by atoms with Crippen LogP contribution in [0.4, 0.5) is 4.79 Å². The molecular weight excluding hydrogens is 340 g/mol. The molecule has 0 bridgehead atoms. The minimum absolute atomic E-state index is 0.00609. The average Bonchev–Trinajstić information content (AvgIpc) is 2.53. The second kappa shape index (κ2) is 7.45. The van der Waals surface area contributed by atoms with Crippen molar-refractivity contribution in [1.82, 2.24) is 4.72 Å². The first-order chi connectivity index (χ1) is 10.9. The maximum Gasteiger partial charge on any atom is 0.404 e. The van der Waals surface area contributed by atoms with E-state index >= 15 is 0 Å². The largest absolute Gasteiger partial charge is 0.445 e. The number of hydrogen-bond donors (Lipinski definition) is 2. The van der Waals surface area contributed by atoms with Crippen molar-refractivity contribution in [1.29, 1.82) is 0 Å². The number of hydrogen-bond acceptors (Lipinski definition) is 4. The average molecular weight is 355 g/mol. The van der Waals surface area contributed by atoms with Gasteiger partial charge in [-0.1, -0.05) is 35.9 Å². The summed E-state index contributed by atoms with van der Waals surface area (Å²) in [6.07, 6.45) is -0.883. The van der Waals surface area contributed by atoms with E-state index in [0.29, 0.717) is 10.6 Å². The Bertz CT molecular complexity index is 774. The number of nitrogens with two attached hydrogens (primary N) is 1. The SMILES string of the molecule is NC(=O)OCc1ccc(S(=O)(=O)NCc2ccc(Cl)cc2)cc1. The molecule has 122 valence electrons. The molecule has 0 aromatic heterocycles. The van der Waals surface area contributed by atoms with Crippen LogP contribution in [0.2, 0.25) is 5.02 Å². The molecule has 0 saturated heterocycles. The Morgan fingerprint density at radius 2 is 1.61 bits per heavy atom. The number of ether oxygens (including phenoxy) is 1. The van der Waals surface area contributed by atoms with E-state index in [1.807, 2.05) is 0 Å². The second-order valence-electron chi connectivity index (χ2n) is 4.70. The van der Waals surface area contributed by atoms with Gasteiger partial charge in [0.25, 0.3) is 0 Å². The number of amides is 1. The van der Waals surface area contributed by atoms with E-state index in [0.717, 1.165) is 5.56 Å². The monoisotopic (exact) mass is 354 g/mol. The van der Waals surface area contributed by atoms with Gasteiger partial charge in [0.05, 0.1) is 4.90 Å².